The lowest BCUT2D eigenvalue weighted by molar-refractivity contribution is -0.142. The minimum atomic E-state index is -0.705. The van der Waals surface area contributed by atoms with Crippen LogP contribution in [0.4, 0.5) is 11.6 Å². The molecule has 4 saturated heterocycles. The molecule has 0 saturated carbocycles. The normalized spacial score (nSPS) is 24.0. The summed E-state index contributed by atoms with van der Waals surface area (Å²) in [4.78, 5) is 52.9. The zero-order chi connectivity index (χ0) is 55.0. The van der Waals surface area contributed by atoms with Crippen molar-refractivity contribution in [3.63, 3.8) is 0 Å². The number of aromatic nitrogens is 8. The number of aryl methyl sites for hydroxylation is 2. The van der Waals surface area contributed by atoms with Crippen LogP contribution in [0, 0.1) is 37.5 Å². The lowest BCUT2D eigenvalue weighted by Crippen LogP contribution is -2.53. The van der Waals surface area contributed by atoms with Gasteiger partial charge >= 0.3 is 11.9 Å². The van der Waals surface area contributed by atoms with Crippen LogP contribution < -0.4 is 9.80 Å². The Morgan fingerprint density at radius 1 is 0.649 bits per heavy atom. The number of benzene rings is 2. The first-order chi connectivity index (χ1) is 36.8. The van der Waals surface area contributed by atoms with E-state index in [0.717, 1.165) is 128 Å². The highest BCUT2D eigenvalue weighted by atomic mass is 35.5. The van der Waals surface area contributed by atoms with Crippen LogP contribution in [0.3, 0.4) is 0 Å². The Morgan fingerprint density at radius 3 is 1.47 bits per heavy atom. The molecule has 2 aromatic carbocycles. The number of esters is 1. The van der Waals surface area contributed by atoms with Gasteiger partial charge in [-0.2, -0.15) is 10.2 Å². The maximum Gasteiger partial charge on any atom is 0.305 e. The first-order valence-corrected chi connectivity index (χ1v) is 29.0. The van der Waals surface area contributed by atoms with Crippen molar-refractivity contribution in [2.75, 3.05) is 56.2 Å². The van der Waals surface area contributed by atoms with E-state index in [4.69, 9.17) is 81.3 Å². The number of methoxy groups -OCH3 is 1. The van der Waals surface area contributed by atoms with Crippen LogP contribution in [-0.4, -0.2) is 137 Å². The maximum absolute atomic E-state index is 11.9. The van der Waals surface area contributed by atoms with Crippen LogP contribution in [0.15, 0.2) is 48.8 Å². The fraction of sp³-hybridized carbons (Fsp3) is 0.579. The summed E-state index contributed by atoms with van der Waals surface area (Å²) in [7, 11) is 1.47. The number of rotatable bonds is 14. The number of aliphatic carboxylic acids is 1. The number of halogens is 4. The smallest absolute Gasteiger partial charge is 0.305 e. The van der Waals surface area contributed by atoms with E-state index in [-0.39, 0.29) is 36.3 Å². The molecular weight excluding hydrogens is 1060 g/mol. The Balaban J connectivity index is 0.000000188. The lowest BCUT2D eigenvalue weighted by atomic mass is 9.89. The minimum absolute atomic E-state index is 0.117. The predicted octanol–water partition coefficient (Wildman–Crippen LogP) is 11.8. The topological polar surface area (TPSA) is 164 Å². The molecule has 8 heterocycles. The number of carboxylic acids is 1. The Hall–Kier alpha value is -4.84. The molecule has 10 atom stereocenters. The number of carbonyl (C=O) groups excluding carboxylic acids is 1. The number of hydrogen-bond donors (Lipinski definition) is 1. The number of piperidine rings is 2. The van der Waals surface area contributed by atoms with Gasteiger partial charge in [-0.25, -0.2) is 29.3 Å². The molecule has 0 amide bonds. The monoisotopic (exact) mass is 1130 g/mol. The molecule has 0 aliphatic carbocycles. The predicted molar refractivity (Wildman–Crippen MR) is 307 cm³/mol. The molecule has 414 valence electrons. The third-order valence-corrected chi connectivity index (χ3v) is 18.2. The summed E-state index contributed by atoms with van der Waals surface area (Å²) in [5.74, 6) is 2.25. The molecule has 4 aliphatic rings. The summed E-state index contributed by atoms with van der Waals surface area (Å²) in [6.45, 7) is 22.7. The van der Waals surface area contributed by atoms with Crippen LogP contribution >= 0.6 is 46.4 Å². The van der Waals surface area contributed by atoms with E-state index in [9.17, 15) is 14.7 Å². The SMILES string of the molecule is COC(=O)CC(C)[C@@H]1CCCN1C1CCN(c2cnc3c(C)nn([C@H](C)c4ccc(Cl)cc4Cl)c3n2)CC1C.Cc1nn([C@H](C)c2ccc(Cl)cc2Cl)c2nc(N3CCC(N4CCC[C@H]4C(C)CC(=O)O)C(C)C3)cnc12. The molecule has 6 aromatic rings. The summed E-state index contributed by atoms with van der Waals surface area (Å²) < 4.78 is 8.77. The fourth-order valence-corrected chi connectivity index (χ4v) is 14.2. The van der Waals surface area contributed by atoms with E-state index in [0.29, 0.717) is 62.5 Å². The van der Waals surface area contributed by atoms with Crippen LogP contribution in [0.5, 0.6) is 0 Å². The second kappa shape index (κ2) is 24.3. The van der Waals surface area contributed by atoms with Crippen LogP contribution in [-0.2, 0) is 14.3 Å². The molecular formula is C57H74Cl4N12O4. The van der Waals surface area contributed by atoms with E-state index in [1.807, 2.05) is 59.9 Å². The Kier molecular flexibility index (Phi) is 17.9. The van der Waals surface area contributed by atoms with E-state index in [2.05, 4.69) is 61.1 Å². The van der Waals surface area contributed by atoms with Crippen molar-refractivity contribution < 1.29 is 19.4 Å². The number of carbonyl (C=O) groups is 2. The molecule has 77 heavy (non-hydrogen) atoms. The van der Waals surface area contributed by atoms with E-state index in [1.54, 1.807) is 12.1 Å². The Morgan fingerprint density at radius 2 is 1.08 bits per heavy atom. The van der Waals surface area contributed by atoms with E-state index < -0.39 is 5.97 Å². The average molecular weight is 1130 g/mol. The molecule has 0 bridgehead atoms. The van der Waals surface area contributed by atoms with Gasteiger partial charge in [0.1, 0.15) is 22.7 Å². The Bertz CT molecular complexity index is 3080. The lowest BCUT2D eigenvalue weighted by Gasteiger charge is -2.45. The molecule has 0 radical (unpaired) electrons. The van der Waals surface area contributed by atoms with E-state index in [1.165, 1.54) is 13.5 Å². The third kappa shape index (κ3) is 12.2. The maximum atomic E-state index is 11.9. The number of carboxylic acid groups (broad SMARTS) is 1. The molecule has 0 spiro atoms. The molecule has 1 N–H and O–H groups in total. The van der Waals surface area contributed by atoms with Crippen LogP contribution in [0.2, 0.25) is 20.1 Å². The zero-order valence-electron chi connectivity index (χ0n) is 45.8. The summed E-state index contributed by atoms with van der Waals surface area (Å²) in [6.07, 6.45) is 11.1. The summed E-state index contributed by atoms with van der Waals surface area (Å²) >= 11 is 25.3. The van der Waals surface area contributed by atoms with Crippen molar-refractivity contribution in [2.24, 2.45) is 23.7 Å². The third-order valence-electron chi connectivity index (χ3n) is 17.1. The Labute approximate surface area is 472 Å². The van der Waals surface area contributed by atoms with Gasteiger partial charge in [-0.3, -0.25) is 19.4 Å². The van der Waals surface area contributed by atoms with Gasteiger partial charge in [0.05, 0.1) is 43.0 Å². The van der Waals surface area contributed by atoms with Crippen molar-refractivity contribution in [3.8, 4) is 0 Å². The molecule has 4 fully saturated rings. The number of ether oxygens (including phenoxy) is 1. The van der Waals surface area contributed by atoms with Gasteiger partial charge in [0.2, 0.25) is 0 Å². The summed E-state index contributed by atoms with van der Waals surface area (Å²) in [5.41, 5.74) is 6.64. The van der Waals surface area contributed by atoms with Crippen molar-refractivity contribution >= 4 is 92.3 Å². The van der Waals surface area contributed by atoms with Crippen molar-refractivity contribution in [2.45, 2.75) is 143 Å². The summed E-state index contributed by atoms with van der Waals surface area (Å²) in [6, 6.07) is 12.5. The van der Waals surface area contributed by atoms with Gasteiger partial charge in [-0.1, -0.05) is 86.2 Å². The van der Waals surface area contributed by atoms with Gasteiger partial charge in [-0.05, 0) is 138 Å². The largest absolute Gasteiger partial charge is 0.481 e. The van der Waals surface area contributed by atoms with E-state index >= 15 is 0 Å². The van der Waals surface area contributed by atoms with Crippen molar-refractivity contribution in [1.82, 2.24) is 49.3 Å². The standard InChI is InChI=1S/C29H38Cl2N6O2.C28H36Cl2N6O2/c1-17(13-27(38)39-5)24-7-6-11-36(24)25-10-12-35(16-18(25)2)26-15-32-28-19(3)34-37(29(28)33-26)20(4)22-9-8-21(30)14-23(22)31;1-16(12-26(37)38)23-6-5-10-35(23)24-9-11-34(15-17(24)2)25-14-31-27-18(3)33-36(28(27)32-25)19(4)21-8-7-20(29)13-22(21)30/h8-9,14-15,17-18,20,24-25H,6-7,10-13,16H2,1-5H3;7-8,13-14,16-17,19,23-24H,5-6,9-12,15H2,1-4H3,(H,37,38)/t17?,18?,20-,24+,25?;16?,17?,19-,23+,24?/m11/s1. The second-order valence-electron chi connectivity index (χ2n) is 22.3. The van der Waals surface area contributed by atoms with Crippen molar-refractivity contribution in [1.29, 1.82) is 0 Å². The molecule has 4 aliphatic heterocycles. The number of likely N-dealkylation sites (tertiary alicyclic amines) is 2. The van der Waals surface area contributed by atoms with Gasteiger partial charge in [-0.15, -0.1) is 0 Å². The van der Waals surface area contributed by atoms with Crippen molar-refractivity contribution in [3.05, 3.63) is 91.4 Å². The highest BCUT2D eigenvalue weighted by Gasteiger charge is 2.41. The van der Waals surface area contributed by atoms with Gasteiger partial charge in [0.15, 0.2) is 11.3 Å². The van der Waals surface area contributed by atoms with Gasteiger partial charge in [0.25, 0.3) is 0 Å². The fourth-order valence-electron chi connectivity index (χ4n) is 13.1. The first-order valence-electron chi connectivity index (χ1n) is 27.4. The highest BCUT2D eigenvalue weighted by molar-refractivity contribution is 6.35. The average Bonchev–Trinajstić information content (AvgIpc) is 4.23. The number of hydrogen-bond acceptors (Lipinski definition) is 13. The molecule has 20 heteroatoms. The number of fused-ring (bicyclic) bond motifs is 2. The number of nitrogens with zero attached hydrogens (tertiary/aromatic N) is 12. The molecule has 10 rings (SSSR count). The second-order valence-corrected chi connectivity index (χ2v) is 24.0. The molecule has 6 unspecified atom stereocenters. The zero-order valence-corrected chi connectivity index (χ0v) is 48.9. The number of anilines is 2. The van der Waals surface area contributed by atoms with Crippen LogP contribution in [0.1, 0.15) is 128 Å². The molecule has 4 aromatic heterocycles. The first kappa shape index (κ1) is 56.9. The minimum Gasteiger partial charge on any atom is -0.481 e. The quantitative estimate of drug-likeness (QED) is 0.102. The van der Waals surface area contributed by atoms with Gasteiger partial charge < -0.3 is 19.6 Å². The van der Waals surface area contributed by atoms with Crippen LogP contribution in [0.25, 0.3) is 22.3 Å². The highest BCUT2D eigenvalue weighted by Crippen LogP contribution is 2.38. The molecule has 16 nitrogen and oxygen atoms in total. The van der Waals surface area contributed by atoms with Gasteiger partial charge in [0, 0.05) is 83.3 Å². The summed E-state index contributed by atoms with van der Waals surface area (Å²) in [5, 5.41) is 21.3.